The lowest BCUT2D eigenvalue weighted by Gasteiger charge is -2.21. The number of aryl methyl sites for hydroxylation is 1. The highest BCUT2D eigenvalue weighted by molar-refractivity contribution is 7.19. The summed E-state index contributed by atoms with van der Waals surface area (Å²) < 4.78 is 13.4. The number of nitrogens with zero attached hydrogens (tertiary/aromatic N) is 2. The molecule has 4 nitrogen and oxygen atoms in total. The fourth-order valence-corrected chi connectivity index (χ4v) is 4.89. The maximum Gasteiger partial charge on any atom is 0.142 e. The summed E-state index contributed by atoms with van der Waals surface area (Å²) in [7, 11) is 0. The smallest absolute Gasteiger partial charge is 0.142 e. The molecule has 1 aromatic carbocycles. The molecule has 0 radical (unpaired) electrons. The molecule has 2 heterocycles. The number of fused-ring (bicyclic) bond motifs is 3. The molecule has 3 aromatic rings. The Morgan fingerprint density at radius 2 is 2.24 bits per heavy atom. The number of halogens is 2. The number of rotatable bonds is 4. The maximum absolute atomic E-state index is 13.4. The van der Waals surface area contributed by atoms with E-state index in [9.17, 15) is 9.50 Å². The Labute approximate surface area is 153 Å². The van der Waals surface area contributed by atoms with Crippen molar-refractivity contribution in [2.75, 3.05) is 11.9 Å². The zero-order valence-electron chi connectivity index (χ0n) is 13.4. The van der Waals surface area contributed by atoms with Crippen LogP contribution in [-0.2, 0) is 12.8 Å². The van der Waals surface area contributed by atoms with Crippen molar-refractivity contribution >= 4 is 44.7 Å². The van der Waals surface area contributed by atoms with E-state index in [1.54, 1.807) is 29.8 Å². The first kappa shape index (κ1) is 16.7. The standard InChI is InChI=1S/C18H17ClFN3OS/c19-13-8-11(2-4-14(13)20)23-17-16-12-3-1-10(5-6-24)7-15(12)25-18(16)22-9-21-17/h2,4,8-10,24H,1,3,5-7H2,(H,21,22,23). The van der Waals surface area contributed by atoms with Crippen molar-refractivity contribution in [2.45, 2.75) is 25.7 Å². The molecule has 25 heavy (non-hydrogen) atoms. The lowest BCUT2D eigenvalue weighted by Crippen LogP contribution is -2.13. The summed E-state index contributed by atoms with van der Waals surface area (Å²) in [6, 6.07) is 4.54. The highest BCUT2D eigenvalue weighted by Crippen LogP contribution is 2.41. The second-order valence-electron chi connectivity index (χ2n) is 6.28. The van der Waals surface area contributed by atoms with Crippen LogP contribution >= 0.6 is 22.9 Å². The van der Waals surface area contributed by atoms with E-state index < -0.39 is 5.82 Å². The van der Waals surface area contributed by atoms with E-state index in [4.69, 9.17) is 11.6 Å². The van der Waals surface area contributed by atoms with Crippen molar-refractivity contribution in [3.8, 4) is 0 Å². The molecule has 1 unspecified atom stereocenters. The topological polar surface area (TPSA) is 58.0 Å². The predicted octanol–water partition coefficient (Wildman–Crippen LogP) is 4.71. The van der Waals surface area contributed by atoms with Gasteiger partial charge in [0.25, 0.3) is 0 Å². The Balaban J connectivity index is 1.71. The molecule has 2 N–H and O–H groups in total. The van der Waals surface area contributed by atoms with E-state index in [1.165, 1.54) is 16.5 Å². The third kappa shape index (κ3) is 3.21. The van der Waals surface area contributed by atoms with Crippen LogP contribution < -0.4 is 5.32 Å². The van der Waals surface area contributed by atoms with Crippen LogP contribution in [0.3, 0.4) is 0 Å². The van der Waals surface area contributed by atoms with Crippen molar-refractivity contribution < 1.29 is 9.50 Å². The van der Waals surface area contributed by atoms with Crippen molar-refractivity contribution in [2.24, 2.45) is 5.92 Å². The number of hydrogen-bond donors (Lipinski definition) is 2. The van der Waals surface area contributed by atoms with E-state index >= 15 is 0 Å². The first-order valence-electron chi connectivity index (χ1n) is 8.24. The van der Waals surface area contributed by atoms with Gasteiger partial charge in [-0.25, -0.2) is 14.4 Å². The average Bonchev–Trinajstić information content (AvgIpc) is 2.97. The quantitative estimate of drug-likeness (QED) is 0.691. The number of benzene rings is 1. The zero-order chi connectivity index (χ0) is 17.4. The highest BCUT2D eigenvalue weighted by Gasteiger charge is 2.25. The average molecular weight is 378 g/mol. The van der Waals surface area contributed by atoms with Crippen LogP contribution in [0, 0.1) is 11.7 Å². The first-order chi connectivity index (χ1) is 12.2. The fourth-order valence-electron chi connectivity index (χ4n) is 3.41. The van der Waals surface area contributed by atoms with Gasteiger partial charge in [0.05, 0.1) is 10.4 Å². The fraction of sp³-hybridized carbons (Fsp3) is 0.333. The number of aromatic nitrogens is 2. The zero-order valence-corrected chi connectivity index (χ0v) is 15.0. The lowest BCUT2D eigenvalue weighted by molar-refractivity contribution is 0.249. The highest BCUT2D eigenvalue weighted by atomic mass is 35.5. The molecule has 0 saturated heterocycles. The van der Waals surface area contributed by atoms with Gasteiger partial charge in [-0.15, -0.1) is 11.3 Å². The molecule has 1 aliphatic carbocycles. The van der Waals surface area contributed by atoms with E-state index in [0.29, 0.717) is 11.6 Å². The van der Waals surface area contributed by atoms with Crippen LogP contribution in [0.15, 0.2) is 24.5 Å². The molecule has 1 aliphatic rings. The van der Waals surface area contributed by atoms with E-state index in [1.807, 2.05) is 0 Å². The number of hydrogen-bond acceptors (Lipinski definition) is 5. The van der Waals surface area contributed by atoms with Crippen LogP contribution in [-0.4, -0.2) is 21.7 Å². The second-order valence-corrected chi connectivity index (χ2v) is 7.77. The maximum atomic E-state index is 13.4. The summed E-state index contributed by atoms with van der Waals surface area (Å²) in [5.41, 5.74) is 1.99. The monoisotopic (exact) mass is 377 g/mol. The van der Waals surface area contributed by atoms with E-state index in [2.05, 4.69) is 15.3 Å². The van der Waals surface area contributed by atoms with Gasteiger partial charge in [-0.05, 0) is 55.4 Å². The number of nitrogens with one attached hydrogen (secondary N) is 1. The minimum absolute atomic E-state index is 0.0782. The van der Waals surface area contributed by atoms with Crippen molar-refractivity contribution in [1.82, 2.24) is 9.97 Å². The first-order valence-corrected chi connectivity index (χ1v) is 9.43. The van der Waals surface area contributed by atoms with Gasteiger partial charge >= 0.3 is 0 Å². The molecular formula is C18H17ClFN3OS. The molecule has 4 rings (SSSR count). The molecule has 0 aliphatic heterocycles. The second kappa shape index (κ2) is 6.86. The minimum Gasteiger partial charge on any atom is -0.396 e. The normalized spacial score (nSPS) is 16.8. The number of anilines is 2. The van der Waals surface area contributed by atoms with Crippen LogP contribution in [0.4, 0.5) is 15.9 Å². The summed E-state index contributed by atoms with van der Waals surface area (Å²) >= 11 is 7.57. The van der Waals surface area contributed by atoms with E-state index in [0.717, 1.165) is 41.7 Å². The van der Waals surface area contributed by atoms with Gasteiger partial charge in [0, 0.05) is 17.2 Å². The van der Waals surface area contributed by atoms with Gasteiger partial charge in [0.1, 0.15) is 22.8 Å². The van der Waals surface area contributed by atoms with Gasteiger partial charge in [-0.2, -0.15) is 0 Å². The third-order valence-electron chi connectivity index (χ3n) is 4.67. The van der Waals surface area contributed by atoms with Gasteiger partial charge in [-0.1, -0.05) is 11.6 Å². The SMILES string of the molecule is OCCC1CCc2c(sc3ncnc(Nc4ccc(F)c(Cl)c4)c23)C1. The van der Waals surface area contributed by atoms with Crippen molar-refractivity contribution in [1.29, 1.82) is 0 Å². The Morgan fingerprint density at radius 3 is 3.04 bits per heavy atom. The van der Waals surface area contributed by atoms with Crippen molar-refractivity contribution in [3.05, 3.63) is 45.8 Å². The van der Waals surface area contributed by atoms with Crippen LogP contribution in [0.25, 0.3) is 10.2 Å². The lowest BCUT2D eigenvalue weighted by atomic mass is 9.86. The third-order valence-corrected chi connectivity index (χ3v) is 6.12. The largest absolute Gasteiger partial charge is 0.396 e. The number of aliphatic hydroxyl groups excluding tert-OH is 1. The summed E-state index contributed by atoms with van der Waals surface area (Å²) in [4.78, 5) is 11.1. The summed E-state index contributed by atoms with van der Waals surface area (Å²) in [6.07, 6.45) is 5.41. The summed E-state index contributed by atoms with van der Waals surface area (Å²) in [5, 5.41) is 13.6. The Morgan fingerprint density at radius 1 is 1.36 bits per heavy atom. The summed E-state index contributed by atoms with van der Waals surface area (Å²) in [6.45, 7) is 0.239. The van der Waals surface area contributed by atoms with E-state index in [-0.39, 0.29) is 11.6 Å². The Kier molecular flexibility index (Phi) is 4.58. The minimum atomic E-state index is -0.442. The van der Waals surface area contributed by atoms with Gasteiger partial charge in [-0.3, -0.25) is 0 Å². The van der Waals surface area contributed by atoms with Gasteiger partial charge in [0.2, 0.25) is 0 Å². The molecule has 130 valence electrons. The van der Waals surface area contributed by atoms with Crippen LogP contribution in [0.5, 0.6) is 0 Å². The van der Waals surface area contributed by atoms with Crippen LogP contribution in [0.1, 0.15) is 23.3 Å². The van der Waals surface area contributed by atoms with Crippen molar-refractivity contribution in [3.63, 3.8) is 0 Å². The number of aliphatic hydroxyl groups is 1. The van der Waals surface area contributed by atoms with Gasteiger partial charge < -0.3 is 10.4 Å². The predicted molar refractivity (Wildman–Crippen MR) is 99.3 cm³/mol. The molecule has 1 atom stereocenters. The molecule has 0 bridgehead atoms. The van der Waals surface area contributed by atoms with Crippen LogP contribution in [0.2, 0.25) is 5.02 Å². The molecular weight excluding hydrogens is 361 g/mol. The Bertz CT molecular complexity index is 930. The van der Waals surface area contributed by atoms with Gasteiger partial charge in [0.15, 0.2) is 0 Å². The molecule has 0 saturated carbocycles. The molecule has 0 amide bonds. The molecule has 0 fully saturated rings. The summed E-state index contributed by atoms with van der Waals surface area (Å²) in [5.74, 6) is 0.819. The molecule has 7 heteroatoms. The Hall–Kier alpha value is -1.76. The molecule has 2 aromatic heterocycles. The number of thiophene rings is 1. The molecule has 0 spiro atoms.